The van der Waals surface area contributed by atoms with Crippen LogP contribution in [0.5, 0.6) is 0 Å². The first-order valence-electron chi connectivity index (χ1n) is 8.53. The molecule has 144 valence electrons. The van der Waals surface area contributed by atoms with Crippen molar-refractivity contribution in [3.05, 3.63) is 65.7 Å². The lowest BCUT2D eigenvalue weighted by atomic mass is 10.2. The van der Waals surface area contributed by atoms with Gasteiger partial charge in [-0.1, -0.05) is 24.3 Å². The highest BCUT2D eigenvalue weighted by molar-refractivity contribution is 7.89. The van der Waals surface area contributed by atoms with Gasteiger partial charge in [0.1, 0.15) is 0 Å². The van der Waals surface area contributed by atoms with E-state index in [1.807, 2.05) is 30.3 Å². The predicted octanol–water partition coefficient (Wildman–Crippen LogP) is 3.13. The van der Waals surface area contributed by atoms with Crippen LogP contribution in [-0.2, 0) is 26.1 Å². The Kier molecular flexibility index (Phi) is 7.15. The van der Waals surface area contributed by atoms with Crippen LogP contribution in [-0.4, -0.2) is 39.4 Å². The van der Waals surface area contributed by atoms with Gasteiger partial charge in [-0.05, 0) is 48.4 Å². The van der Waals surface area contributed by atoms with Crippen LogP contribution in [0.15, 0.2) is 59.5 Å². The van der Waals surface area contributed by atoms with E-state index in [0.717, 1.165) is 16.8 Å². The number of benzene rings is 2. The van der Waals surface area contributed by atoms with Crippen molar-refractivity contribution in [1.82, 2.24) is 4.31 Å². The highest BCUT2D eigenvalue weighted by Crippen LogP contribution is 2.17. The van der Waals surface area contributed by atoms with Gasteiger partial charge in [0.15, 0.2) is 0 Å². The molecule has 7 heteroatoms. The van der Waals surface area contributed by atoms with Crippen molar-refractivity contribution in [2.45, 2.75) is 18.4 Å². The first kappa shape index (κ1) is 20.7. The minimum Gasteiger partial charge on any atom is -0.463 e. The number of rotatable bonds is 8. The third-order valence-electron chi connectivity index (χ3n) is 3.78. The molecular weight excluding hydrogens is 364 g/mol. The lowest BCUT2D eigenvalue weighted by Gasteiger charge is -2.13. The monoisotopic (exact) mass is 388 g/mol. The van der Waals surface area contributed by atoms with E-state index < -0.39 is 10.0 Å². The van der Waals surface area contributed by atoms with E-state index in [1.165, 1.54) is 24.5 Å². The smallest absolute Gasteiger partial charge is 0.330 e. The lowest BCUT2D eigenvalue weighted by Crippen LogP contribution is -2.22. The minimum atomic E-state index is -3.45. The summed E-state index contributed by atoms with van der Waals surface area (Å²) in [7, 11) is -0.421. The quantitative estimate of drug-likeness (QED) is 0.555. The average Bonchev–Trinajstić information content (AvgIpc) is 2.66. The molecular formula is C20H24N2O4S. The molecule has 0 atom stereocenters. The topological polar surface area (TPSA) is 75.7 Å². The Morgan fingerprint density at radius 2 is 1.85 bits per heavy atom. The standard InChI is InChI=1S/C20H24N2O4S/c1-4-26-20(23)13-10-16-8-11-18(12-9-16)21-15-17-6-5-7-19(14-17)27(24,25)22(2)3/h5-14,21H,4,15H2,1-3H3/b13-10+. The SMILES string of the molecule is CCOC(=O)/C=C/c1ccc(NCc2cccc(S(=O)(=O)N(C)C)c2)cc1. The van der Waals surface area contributed by atoms with E-state index in [9.17, 15) is 13.2 Å². The zero-order chi connectivity index (χ0) is 19.9. The Hall–Kier alpha value is -2.64. The second-order valence-corrected chi connectivity index (χ2v) is 8.15. The van der Waals surface area contributed by atoms with Crippen LogP contribution in [0.4, 0.5) is 5.69 Å². The van der Waals surface area contributed by atoms with Crippen LogP contribution in [0.25, 0.3) is 6.08 Å². The third-order valence-corrected chi connectivity index (χ3v) is 5.59. The molecule has 2 aromatic rings. The number of nitrogens with one attached hydrogen (secondary N) is 1. The van der Waals surface area contributed by atoms with Gasteiger partial charge in [0, 0.05) is 32.4 Å². The highest BCUT2D eigenvalue weighted by atomic mass is 32.2. The van der Waals surface area contributed by atoms with Gasteiger partial charge in [-0.3, -0.25) is 0 Å². The summed E-state index contributed by atoms with van der Waals surface area (Å²) in [6.45, 7) is 2.61. The summed E-state index contributed by atoms with van der Waals surface area (Å²) in [6, 6.07) is 14.4. The van der Waals surface area contributed by atoms with Gasteiger partial charge in [0.2, 0.25) is 10.0 Å². The fourth-order valence-electron chi connectivity index (χ4n) is 2.30. The third kappa shape index (κ3) is 5.94. The summed E-state index contributed by atoms with van der Waals surface area (Å²) >= 11 is 0. The number of hydrogen-bond acceptors (Lipinski definition) is 5. The fourth-order valence-corrected chi connectivity index (χ4v) is 3.27. The maximum absolute atomic E-state index is 12.2. The molecule has 0 aromatic heterocycles. The number of ether oxygens (including phenoxy) is 1. The van der Waals surface area contributed by atoms with E-state index >= 15 is 0 Å². The van der Waals surface area contributed by atoms with Crippen LogP contribution >= 0.6 is 0 Å². The average molecular weight is 388 g/mol. The van der Waals surface area contributed by atoms with Gasteiger partial charge in [0.05, 0.1) is 11.5 Å². The first-order chi connectivity index (χ1) is 12.8. The Labute approximate surface area is 160 Å². The molecule has 0 unspecified atom stereocenters. The number of carbonyl (C=O) groups is 1. The molecule has 2 rings (SSSR count). The number of anilines is 1. The zero-order valence-corrected chi connectivity index (χ0v) is 16.5. The molecule has 6 nitrogen and oxygen atoms in total. The molecule has 0 saturated heterocycles. The van der Waals surface area contributed by atoms with Gasteiger partial charge in [-0.25, -0.2) is 17.5 Å². The number of carbonyl (C=O) groups excluding carboxylic acids is 1. The molecule has 0 bridgehead atoms. The van der Waals surface area contributed by atoms with E-state index in [-0.39, 0.29) is 10.9 Å². The molecule has 0 spiro atoms. The fraction of sp³-hybridized carbons (Fsp3) is 0.250. The summed E-state index contributed by atoms with van der Waals surface area (Å²) in [5.74, 6) is -0.368. The zero-order valence-electron chi connectivity index (χ0n) is 15.7. The van der Waals surface area contributed by atoms with Crippen LogP contribution in [0.2, 0.25) is 0 Å². The maximum Gasteiger partial charge on any atom is 0.330 e. The summed E-state index contributed by atoms with van der Waals surface area (Å²) in [6.07, 6.45) is 3.08. The first-order valence-corrected chi connectivity index (χ1v) is 9.97. The van der Waals surface area contributed by atoms with Crippen molar-refractivity contribution in [2.75, 3.05) is 26.0 Å². The van der Waals surface area contributed by atoms with Crippen molar-refractivity contribution in [3.8, 4) is 0 Å². The molecule has 0 saturated carbocycles. The van der Waals surface area contributed by atoms with Gasteiger partial charge in [0.25, 0.3) is 0 Å². The molecule has 0 radical (unpaired) electrons. The second kappa shape index (κ2) is 9.34. The van der Waals surface area contributed by atoms with Crippen LogP contribution in [0, 0.1) is 0 Å². The van der Waals surface area contributed by atoms with Crippen molar-refractivity contribution >= 4 is 27.8 Å². The van der Waals surface area contributed by atoms with Gasteiger partial charge >= 0.3 is 5.97 Å². The minimum absolute atomic E-state index is 0.270. The van der Waals surface area contributed by atoms with Crippen LogP contribution < -0.4 is 5.32 Å². The van der Waals surface area contributed by atoms with Crippen molar-refractivity contribution in [2.24, 2.45) is 0 Å². The van der Waals surface area contributed by atoms with E-state index in [2.05, 4.69) is 5.32 Å². The Balaban J connectivity index is 2.00. The molecule has 0 aliphatic rings. The van der Waals surface area contributed by atoms with Crippen molar-refractivity contribution in [1.29, 1.82) is 0 Å². The molecule has 2 aromatic carbocycles. The molecule has 1 N–H and O–H groups in total. The summed E-state index contributed by atoms with van der Waals surface area (Å²) in [5, 5.41) is 3.26. The molecule has 0 aliphatic heterocycles. The highest BCUT2D eigenvalue weighted by Gasteiger charge is 2.16. The lowest BCUT2D eigenvalue weighted by molar-refractivity contribution is -0.137. The van der Waals surface area contributed by atoms with Crippen molar-refractivity contribution in [3.63, 3.8) is 0 Å². The van der Waals surface area contributed by atoms with Gasteiger partial charge in [-0.2, -0.15) is 0 Å². The number of nitrogens with zero attached hydrogens (tertiary/aromatic N) is 1. The Morgan fingerprint density at radius 1 is 1.15 bits per heavy atom. The van der Waals surface area contributed by atoms with Gasteiger partial charge in [-0.15, -0.1) is 0 Å². The van der Waals surface area contributed by atoms with Gasteiger partial charge < -0.3 is 10.1 Å². The summed E-state index contributed by atoms with van der Waals surface area (Å²) < 4.78 is 30.5. The maximum atomic E-state index is 12.2. The van der Waals surface area contributed by atoms with Crippen LogP contribution in [0.1, 0.15) is 18.1 Å². The molecule has 0 amide bonds. The Morgan fingerprint density at radius 3 is 2.48 bits per heavy atom. The normalized spacial score (nSPS) is 11.7. The van der Waals surface area contributed by atoms with Crippen molar-refractivity contribution < 1.29 is 17.9 Å². The molecule has 0 aliphatic carbocycles. The largest absolute Gasteiger partial charge is 0.463 e. The Bertz CT molecular complexity index is 904. The molecule has 0 fully saturated rings. The van der Waals surface area contributed by atoms with Crippen LogP contribution in [0.3, 0.4) is 0 Å². The van der Waals surface area contributed by atoms with E-state index in [1.54, 1.807) is 31.2 Å². The molecule has 0 heterocycles. The van der Waals surface area contributed by atoms with E-state index in [0.29, 0.717) is 13.2 Å². The molecule has 27 heavy (non-hydrogen) atoms. The predicted molar refractivity (Wildman–Crippen MR) is 107 cm³/mol. The summed E-state index contributed by atoms with van der Waals surface area (Å²) in [5.41, 5.74) is 2.64. The number of hydrogen-bond donors (Lipinski definition) is 1. The number of sulfonamides is 1. The summed E-state index contributed by atoms with van der Waals surface area (Å²) in [4.78, 5) is 11.6. The van der Waals surface area contributed by atoms with E-state index in [4.69, 9.17) is 4.74 Å². The number of esters is 1. The second-order valence-electron chi connectivity index (χ2n) is 6.00.